The number of para-hydroxylation sites is 3. The molecule has 0 fully saturated rings. The van der Waals surface area contributed by atoms with Crippen LogP contribution in [0.25, 0.3) is 16.9 Å². The zero-order valence-electron chi connectivity index (χ0n) is 14.6. The van der Waals surface area contributed by atoms with Gasteiger partial charge < -0.3 is 14.6 Å². The molecule has 1 N–H and O–H groups in total. The molecule has 0 radical (unpaired) electrons. The number of nitrogens with one attached hydrogen (secondary N) is 1. The summed E-state index contributed by atoms with van der Waals surface area (Å²) in [6.07, 6.45) is 2.07. The van der Waals surface area contributed by atoms with Crippen LogP contribution >= 0.6 is 0 Å². The largest absolute Gasteiger partial charge is 0.495 e. The zero-order chi connectivity index (χ0) is 17.8. The molecule has 26 heavy (non-hydrogen) atoms. The summed E-state index contributed by atoms with van der Waals surface area (Å²) in [7, 11) is 1.70. The van der Waals surface area contributed by atoms with E-state index in [0.29, 0.717) is 0 Å². The Morgan fingerprint density at radius 3 is 2.12 bits per heavy atom. The quantitative estimate of drug-likeness (QED) is 0.490. The van der Waals surface area contributed by atoms with Gasteiger partial charge in [0.25, 0.3) is 0 Å². The second-order valence-electron chi connectivity index (χ2n) is 5.98. The molecule has 0 saturated heterocycles. The number of ether oxygens (including phenoxy) is 1. The fraction of sp³-hybridized carbons (Fsp3) is 0.0435. The third-order valence-electron chi connectivity index (χ3n) is 4.33. The van der Waals surface area contributed by atoms with E-state index in [1.54, 1.807) is 7.11 Å². The van der Waals surface area contributed by atoms with E-state index in [9.17, 15) is 0 Å². The summed E-state index contributed by atoms with van der Waals surface area (Å²) in [6.45, 7) is 0. The molecular formula is C23H20N2O. The number of benzene rings is 3. The van der Waals surface area contributed by atoms with Crippen LogP contribution in [0.15, 0.2) is 97.2 Å². The average Bonchev–Trinajstić information content (AvgIpc) is 3.12. The topological polar surface area (TPSA) is 26.2 Å². The number of anilines is 2. The highest BCUT2D eigenvalue weighted by Gasteiger charge is 2.15. The first-order valence-corrected chi connectivity index (χ1v) is 8.59. The van der Waals surface area contributed by atoms with Gasteiger partial charge in [0, 0.05) is 17.4 Å². The van der Waals surface area contributed by atoms with Gasteiger partial charge in [-0.3, -0.25) is 0 Å². The highest BCUT2D eigenvalue weighted by atomic mass is 16.5. The lowest BCUT2D eigenvalue weighted by molar-refractivity contribution is 0.413. The van der Waals surface area contributed by atoms with Crippen molar-refractivity contribution in [1.29, 1.82) is 0 Å². The van der Waals surface area contributed by atoms with Crippen LogP contribution in [0.1, 0.15) is 0 Å². The Bertz CT molecular complexity index is 991. The van der Waals surface area contributed by atoms with Crippen molar-refractivity contribution in [2.75, 3.05) is 12.4 Å². The summed E-state index contributed by atoms with van der Waals surface area (Å²) in [4.78, 5) is 0. The van der Waals surface area contributed by atoms with E-state index >= 15 is 0 Å². The van der Waals surface area contributed by atoms with E-state index < -0.39 is 0 Å². The second kappa shape index (κ2) is 7.19. The van der Waals surface area contributed by atoms with Gasteiger partial charge in [-0.25, -0.2) is 0 Å². The summed E-state index contributed by atoms with van der Waals surface area (Å²) < 4.78 is 7.74. The maximum atomic E-state index is 5.58. The van der Waals surface area contributed by atoms with Crippen LogP contribution in [0.3, 0.4) is 0 Å². The van der Waals surface area contributed by atoms with Crippen LogP contribution in [-0.4, -0.2) is 11.7 Å². The normalized spacial score (nSPS) is 10.5. The van der Waals surface area contributed by atoms with Gasteiger partial charge in [-0.15, -0.1) is 0 Å². The molecule has 3 heteroatoms. The number of aromatic nitrogens is 1. The first-order chi connectivity index (χ1) is 12.9. The van der Waals surface area contributed by atoms with E-state index in [4.69, 9.17) is 4.74 Å². The highest BCUT2D eigenvalue weighted by Crippen LogP contribution is 2.36. The lowest BCUT2D eigenvalue weighted by Crippen LogP contribution is -2.00. The number of hydrogen-bond acceptors (Lipinski definition) is 2. The number of methoxy groups -OCH3 is 1. The van der Waals surface area contributed by atoms with Gasteiger partial charge in [0.05, 0.1) is 24.2 Å². The molecule has 0 amide bonds. The Morgan fingerprint density at radius 1 is 0.731 bits per heavy atom. The first-order valence-electron chi connectivity index (χ1n) is 8.59. The molecular weight excluding hydrogens is 320 g/mol. The summed E-state index contributed by atoms with van der Waals surface area (Å²) in [5.41, 5.74) is 5.35. The molecule has 0 bridgehead atoms. The lowest BCUT2D eigenvalue weighted by Gasteiger charge is -2.15. The van der Waals surface area contributed by atoms with Crippen molar-refractivity contribution >= 4 is 11.4 Å². The van der Waals surface area contributed by atoms with Gasteiger partial charge in [0.1, 0.15) is 5.75 Å². The fourth-order valence-corrected chi connectivity index (χ4v) is 3.13. The monoisotopic (exact) mass is 340 g/mol. The van der Waals surface area contributed by atoms with E-state index in [0.717, 1.165) is 34.1 Å². The minimum atomic E-state index is 0.839. The molecule has 0 unspecified atom stereocenters. The molecule has 0 aliphatic carbocycles. The Kier molecular flexibility index (Phi) is 4.44. The maximum absolute atomic E-state index is 5.58. The standard InChI is InChI=1S/C23H20N2O/c1-26-22-15-9-8-14-21(22)25-17-16-20(24-19-12-6-3-7-13-19)23(25)18-10-4-2-5-11-18/h2-17,24H,1H3. The average molecular weight is 340 g/mol. The zero-order valence-corrected chi connectivity index (χ0v) is 14.6. The third kappa shape index (κ3) is 3.07. The van der Waals surface area contributed by atoms with Crippen molar-refractivity contribution in [3.63, 3.8) is 0 Å². The van der Waals surface area contributed by atoms with E-state index in [2.05, 4.69) is 64.6 Å². The minimum Gasteiger partial charge on any atom is -0.495 e. The molecule has 3 nitrogen and oxygen atoms in total. The van der Waals surface area contributed by atoms with Gasteiger partial charge in [-0.2, -0.15) is 0 Å². The summed E-state index contributed by atoms with van der Waals surface area (Å²) in [5, 5.41) is 3.54. The van der Waals surface area contributed by atoms with Crippen LogP contribution in [0.4, 0.5) is 11.4 Å². The number of nitrogens with zero attached hydrogens (tertiary/aromatic N) is 1. The van der Waals surface area contributed by atoms with E-state index in [-0.39, 0.29) is 0 Å². The molecule has 128 valence electrons. The number of hydrogen-bond donors (Lipinski definition) is 1. The van der Waals surface area contributed by atoms with E-state index in [1.165, 1.54) is 0 Å². The minimum absolute atomic E-state index is 0.839. The number of rotatable bonds is 5. The van der Waals surface area contributed by atoms with Crippen molar-refractivity contribution in [1.82, 2.24) is 4.57 Å². The van der Waals surface area contributed by atoms with Crippen LogP contribution in [-0.2, 0) is 0 Å². The van der Waals surface area contributed by atoms with Crippen LogP contribution in [0, 0.1) is 0 Å². The highest BCUT2D eigenvalue weighted by molar-refractivity contribution is 5.81. The lowest BCUT2D eigenvalue weighted by atomic mass is 10.1. The molecule has 4 rings (SSSR count). The smallest absolute Gasteiger partial charge is 0.142 e. The van der Waals surface area contributed by atoms with Crippen molar-refractivity contribution in [3.8, 4) is 22.7 Å². The summed E-state index contributed by atoms with van der Waals surface area (Å²) in [6, 6.07) is 30.8. The SMILES string of the molecule is COc1ccccc1-n1ccc(Nc2ccccc2)c1-c1ccccc1. The van der Waals surface area contributed by atoms with Crippen molar-refractivity contribution in [2.45, 2.75) is 0 Å². The molecule has 0 aliphatic rings. The second-order valence-corrected chi connectivity index (χ2v) is 5.98. The molecule has 0 aliphatic heterocycles. The van der Waals surface area contributed by atoms with Crippen LogP contribution < -0.4 is 10.1 Å². The molecule has 0 atom stereocenters. The summed E-state index contributed by atoms with van der Waals surface area (Å²) in [5.74, 6) is 0.839. The van der Waals surface area contributed by atoms with Crippen LogP contribution in [0.5, 0.6) is 5.75 Å². The van der Waals surface area contributed by atoms with Crippen molar-refractivity contribution in [2.24, 2.45) is 0 Å². The molecule has 1 heterocycles. The Labute approximate surface area is 153 Å². The Hall–Kier alpha value is -3.46. The molecule has 0 spiro atoms. The van der Waals surface area contributed by atoms with Gasteiger partial charge >= 0.3 is 0 Å². The van der Waals surface area contributed by atoms with Crippen molar-refractivity contribution in [3.05, 3.63) is 97.2 Å². The maximum Gasteiger partial charge on any atom is 0.142 e. The van der Waals surface area contributed by atoms with Gasteiger partial charge in [-0.1, -0.05) is 60.7 Å². The van der Waals surface area contributed by atoms with Gasteiger partial charge in [0.2, 0.25) is 0 Å². The molecule has 4 aromatic rings. The Balaban J connectivity index is 1.87. The van der Waals surface area contributed by atoms with E-state index in [1.807, 2.05) is 42.5 Å². The van der Waals surface area contributed by atoms with Gasteiger partial charge in [-0.05, 0) is 30.3 Å². The molecule has 1 aromatic heterocycles. The molecule has 0 saturated carbocycles. The first kappa shape index (κ1) is 16.0. The van der Waals surface area contributed by atoms with Crippen LogP contribution in [0.2, 0.25) is 0 Å². The predicted octanol–water partition coefficient (Wildman–Crippen LogP) is 5.90. The van der Waals surface area contributed by atoms with Crippen molar-refractivity contribution < 1.29 is 4.74 Å². The molecule has 3 aromatic carbocycles. The fourth-order valence-electron chi connectivity index (χ4n) is 3.13. The Morgan fingerprint density at radius 2 is 1.38 bits per heavy atom. The summed E-state index contributed by atoms with van der Waals surface area (Å²) >= 11 is 0. The van der Waals surface area contributed by atoms with Gasteiger partial charge in [0.15, 0.2) is 0 Å². The third-order valence-corrected chi connectivity index (χ3v) is 4.33. The predicted molar refractivity (Wildman–Crippen MR) is 107 cm³/mol.